The molecule has 1 aliphatic heterocycles. The molecule has 0 spiro atoms. The van der Waals surface area contributed by atoms with E-state index in [0.717, 1.165) is 12.5 Å². The number of hydrogen-bond acceptors (Lipinski definition) is 3. The van der Waals surface area contributed by atoms with Crippen molar-refractivity contribution in [3.63, 3.8) is 0 Å². The summed E-state index contributed by atoms with van der Waals surface area (Å²) in [6.45, 7) is 11.7. The summed E-state index contributed by atoms with van der Waals surface area (Å²) in [6.07, 6.45) is 2.49. The van der Waals surface area contributed by atoms with Crippen LogP contribution in [0.3, 0.4) is 0 Å². The first-order valence-corrected chi connectivity index (χ1v) is 8.62. The summed E-state index contributed by atoms with van der Waals surface area (Å²) in [5.41, 5.74) is 1.48. The second-order valence-electron chi connectivity index (χ2n) is 5.89. The molecule has 0 bridgehead atoms. The Morgan fingerprint density at radius 2 is 2.21 bits per heavy atom. The fraction of sp³-hybridized carbons (Fsp3) is 0.750. The van der Waals surface area contributed by atoms with E-state index in [-0.39, 0.29) is 0 Å². The minimum absolute atomic E-state index is 0.546. The molecule has 4 unspecified atom stereocenters. The number of rotatable bonds is 5. The van der Waals surface area contributed by atoms with Crippen molar-refractivity contribution in [2.45, 2.75) is 58.7 Å². The Hall–Kier alpha value is -0.380. The standard InChI is InChI=1S/C16H28N2S/c1-5-12(3)16-10-18(15(6-2)9-17-16)13(4)14-7-8-19-11-14/h7-8,11-13,15-17H,5-6,9-10H2,1-4H3. The Morgan fingerprint density at radius 1 is 1.42 bits per heavy atom. The van der Waals surface area contributed by atoms with Gasteiger partial charge in [-0.15, -0.1) is 0 Å². The summed E-state index contributed by atoms with van der Waals surface area (Å²) in [5.74, 6) is 0.759. The van der Waals surface area contributed by atoms with Crippen LogP contribution in [0.2, 0.25) is 0 Å². The Morgan fingerprint density at radius 3 is 2.79 bits per heavy atom. The lowest BCUT2D eigenvalue weighted by molar-refractivity contribution is 0.0708. The van der Waals surface area contributed by atoms with Crippen molar-refractivity contribution in [2.24, 2.45) is 5.92 Å². The SMILES string of the molecule is CCC(C)C1CN(C(C)c2ccsc2)C(CC)CN1. The van der Waals surface area contributed by atoms with Gasteiger partial charge in [0.25, 0.3) is 0 Å². The largest absolute Gasteiger partial charge is 0.311 e. The van der Waals surface area contributed by atoms with Crippen LogP contribution in [-0.4, -0.2) is 30.1 Å². The normalized spacial score (nSPS) is 28.2. The maximum Gasteiger partial charge on any atom is 0.0332 e. The quantitative estimate of drug-likeness (QED) is 0.880. The molecule has 0 amide bonds. The van der Waals surface area contributed by atoms with Crippen LogP contribution in [0.4, 0.5) is 0 Å². The molecule has 0 radical (unpaired) electrons. The summed E-state index contributed by atoms with van der Waals surface area (Å²) < 4.78 is 0. The lowest BCUT2D eigenvalue weighted by atomic mass is 9.93. The van der Waals surface area contributed by atoms with Crippen LogP contribution in [-0.2, 0) is 0 Å². The molecule has 2 rings (SSSR count). The van der Waals surface area contributed by atoms with Crippen molar-refractivity contribution >= 4 is 11.3 Å². The van der Waals surface area contributed by atoms with Crippen molar-refractivity contribution in [1.29, 1.82) is 0 Å². The maximum absolute atomic E-state index is 3.76. The second kappa shape index (κ2) is 6.87. The highest BCUT2D eigenvalue weighted by Crippen LogP contribution is 2.28. The van der Waals surface area contributed by atoms with Gasteiger partial charge in [-0.05, 0) is 41.7 Å². The molecule has 2 nitrogen and oxygen atoms in total. The van der Waals surface area contributed by atoms with E-state index < -0.39 is 0 Å². The Kier molecular flexibility index (Phi) is 5.43. The molecule has 1 aliphatic rings. The molecule has 2 heterocycles. The van der Waals surface area contributed by atoms with Crippen molar-refractivity contribution in [2.75, 3.05) is 13.1 Å². The molecular formula is C16H28N2S. The van der Waals surface area contributed by atoms with E-state index >= 15 is 0 Å². The summed E-state index contributed by atoms with van der Waals surface area (Å²) >= 11 is 1.81. The highest BCUT2D eigenvalue weighted by atomic mass is 32.1. The number of nitrogens with zero attached hydrogens (tertiary/aromatic N) is 1. The van der Waals surface area contributed by atoms with Crippen molar-refractivity contribution < 1.29 is 0 Å². The smallest absolute Gasteiger partial charge is 0.0332 e. The molecule has 19 heavy (non-hydrogen) atoms. The lowest BCUT2D eigenvalue weighted by Crippen LogP contribution is -2.58. The van der Waals surface area contributed by atoms with Crippen LogP contribution in [0.15, 0.2) is 16.8 Å². The summed E-state index contributed by atoms with van der Waals surface area (Å²) in [6, 6.07) is 4.15. The first-order valence-electron chi connectivity index (χ1n) is 7.68. The van der Waals surface area contributed by atoms with Crippen molar-refractivity contribution in [3.8, 4) is 0 Å². The zero-order valence-corrected chi connectivity index (χ0v) is 13.5. The minimum atomic E-state index is 0.546. The van der Waals surface area contributed by atoms with Gasteiger partial charge in [0.2, 0.25) is 0 Å². The Labute approximate surface area is 122 Å². The van der Waals surface area contributed by atoms with Crippen LogP contribution in [0, 0.1) is 5.92 Å². The molecule has 3 heteroatoms. The van der Waals surface area contributed by atoms with Crippen LogP contribution in [0.1, 0.15) is 52.1 Å². The highest BCUT2D eigenvalue weighted by molar-refractivity contribution is 7.07. The van der Waals surface area contributed by atoms with E-state index in [1.54, 1.807) is 0 Å². The van der Waals surface area contributed by atoms with Gasteiger partial charge in [-0.25, -0.2) is 0 Å². The number of nitrogens with one attached hydrogen (secondary N) is 1. The van der Waals surface area contributed by atoms with Gasteiger partial charge in [0.15, 0.2) is 0 Å². The molecule has 0 aromatic carbocycles. The van der Waals surface area contributed by atoms with Crippen molar-refractivity contribution in [3.05, 3.63) is 22.4 Å². The zero-order chi connectivity index (χ0) is 13.8. The molecule has 1 aromatic rings. The summed E-state index contributed by atoms with van der Waals surface area (Å²) in [5, 5.41) is 8.26. The molecule has 1 fully saturated rings. The average Bonchev–Trinajstić information content (AvgIpc) is 2.99. The highest BCUT2D eigenvalue weighted by Gasteiger charge is 2.32. The third-order valence-electron chi connectivity index (χ3n) is 4.82. The molecule has 1 saturated heterocycles. The topological polar surface area (TPSA) is 15.3 Å². The van der Waals surface area contributed by atoms with Crippen LogP contribution in [0.25, 0.3) is 0 Å². The fourth-order valence-electron chi connectivity index (χ4n) is 3.07. The number of hydrogen-bond donors (Lipinski definition) is 1. The fourth-order valence-corrected chi connectivity index (χ4v) is 3.82. The van der Waals surface area contributed by atoms with Gasteiger partial charge in [-0.3, -0.25) is 4.90 Å². The van der Waals surface area contributed by atoms with Crippen LogP contribution >= 0.6 is 11.3 Å². The summed E-state index contributed by atoms with van der Waals surface area (Å²) in [7, 11) is 0. The van der Waals surface area contributed by atoms with E-state index in [9.17, 15) is 0 Å². The zero-order valence-electron chi connectivity index (χ0n) is 12.7. The minimum Gasteiger partial charge on any atom is -0.311 e. The van der Waals surface area contributed by atoms with Gasteiger partial charge in [0.1, 0.15) is 0 Å². The maximum atomic E-state index is 3.76. The second-order valence-corrected chi connectivity index (χ2v) is 6.67. The van der Waals surface area contributed by atoms with Crippen LogP contribution in [0.5, 0.6) is 0 Å². The predicted octanol–water partition coefficient (Wildman–Crippen LogP) is 3.91. The van der Waals surface area contributed by atoms with E-state index in [4.69, 9.17) is 0 Å². The van der Waals surface area contributed by atoms with E-state index in [1.807, 2.05) is 11.3 Å². The van der Waals surface area contributed by atoms with Gasteiger partial charge >= 0.3 is 0 Å². The number of piperazine rings is 1. The first-order chi connectivity index (χ1) is 9.17. The van der Waals surface area contributed by atoms with Gasteiger partial charge in [-0.1, -0.05) is 27.2 Å². The molecule has 1 N–H and O–H groups in total. The van der Waals surface area contributed by atoms with Gasteiger partial charge in [0.05, 0.1) is 0 Å². The van der Waals surface area contributed by atoms with E-state index in [1.165, 1.54) is 24.9 Å². The van der Waals surface area contributed by atoms with E-state index in [0.29, 0.717) is 18.1 Å². The molecule has 4 atom stereocenters. The average molecular weight is 280 g/mol. The van der Waals surface area contributed by atoms with Gasteiger partial charge in [-0.2, -0.15) is 11.3 Å². The van der Waals surface area contributed by atoms with Gasteiger partial charge < -0.3 is 5.32 Å². The van der Waals surface area contributed by atoms with Gasteiger partial charge in [0, 0.05) is 31.2 Å². The predicted molar refractivity (Wildman–Crippen MR) is 84.8 cm³/mol. The van der Waals surface area contributed by atoms with Crippen LogP contribution < -0.4 is 5.32 Å². The molecule has 0 saturated carbocycles. The summed E-state index contributed by atoms with van der Waals surface area (Å²) in [4.78, 5) is 2.72. The first kappa shape index (κ1) is 15.0. The molecule has 108 valence electrons. The Balaban J connectivity index is 2.09. The molecule has 1 aromatic heterocycles. The monoisotopic (exact) mass is 280 g/mol. The third kappa shape index (κ3) is 3.39. The lowest BCUT2D eigenvalue weighted by Gasteiger charge is -2.45. The molecule has 0 aliphatic carbocycles. The molecular weight excluding hydrogens is 252 g/mol. The van der Waals surface area contributed by atoms with Crippen molar-refractivity contribution in [1.82, 2.24) is 10.2 Å². The number of thiophene rings is 1. The van der Waals surface area contributed by atoms with E-state index in [2.05, 4.69) is 54.7 Å². The third-order valence-corrected chi connectivity index (χ3v) is 5.52. The Bertz CT molecular complexity index is 363.